The molecule has 3 heterocycles. The maximum atomic E-state index is 14.3. The number of benzene rings is 2. The highest BCUT2D eigenvalue weighted by molar-refractivity contribution is 5.85. The maximum Gasteiger partial charge on any atom is 0.132 e. The van der Waals surface area contributed by atoms with Crippen LogP contribution in [0.2, 0.25) is 0 Å². The number of H-pyrrole nitrogens is 2. The maximum absolute atomic E-state index is 14.3. The van der Waals surface area contributed by atoms with Crippen molar-refractivity contribution in [1.82, 2.24) is 14.9 Å². The molecule has 1 aliphatic heterocycles. The molecule has 0 amide bonds. The van der Waals surface area contributed by atoms with Gasteiger partial charge < -0.3 is 14.9 Å². The Morgan fingerprint density at radius 3 is 2.60 bits per heavy atom. The van der Waals surface area contributed by atoms with Crippen molar-refractivity contribution in [1.29, 1.82) is 0 Å². The minimum atomic E-state index is -0.186. The fourth-order valence-electron chi connectivity index (χ4n) is 4.81. The van der Waals surface area contributed by atoms with Gasteiger partial charge in [0.15, 0.2) is 0 Å². The third-order valence-corrected chi connectivity index (χ3v) is 6.36. The first-order valence-electron chi connectivity index (χ1n) is 10.4. The SMILES string of the molecule is Cl.Fc1ccc2[nH]cc(CCCN3CCC(c4c[nH]c5cccc(F)c45)CC3)c2c1. The highest BCUT2D eigenvalue weighted by Crippen LogP contribution is 2.34. The van der Waals surface area contributed by atoms with Gasteiger partial charge in [-0.3, -0.25) is 0 Å². The van der Waals surface area contributed by atoms with Crippen LogP contribution in [0.15, 0.2) is 48.8 Å². The Morgan fingerprint density at radius 2 is 1.77 bits per heavy atom. The van der Waals surface area contributed by atoms with Crippen molar-refractivity contribution in [3.8, 4) is 0 Å². The number of piperidine rings is 1. The molecule has 2 N–H and O–H groups in total. The molecule has 0 aliphatic carbocycles. The molecule has 4 aromatic rings. The zero-order chi connectivity index (χ0) is 19.8. The van der Waals surface area contributed by atoms with E-state index in [9.17, 15) is 8.78 Å². The standard InChI is InChI=1S/C24H25F2N3.ClH/c25-18-6-7-22-19(13-18)17(14-27-22)3-2-10-29-11-8-16(9-12-29)20-15-28-23-5-1-4-21(26)24(20)23;/h1,4-7,13-16,27-28H,2-3,8-12H2;1H. The van der Waals surface area contributed by atoms with Crippen LogP contribution in [0.25, 0.3) is 21.8 Å². The smallest absolute Gasteiger partial charge is 0.132 e. The fraction of sp³-hybridized carbons (Fsp3) is 0.333. The highest BCUT2D eigenvalue weighted by atomic mass is 35.5. The van der Waals surface area contributed by atoms with Gasteiger partial charge in [-0.1, -0.05) is 6.07 Å². The number of aromatic amines is 2. The van der Waals surface area contributed by atoms with Crippen molar-refractivity contribution in [2.24, 2.45) is 0 Å². The molecule has 158 valence electrons. The highest BCUT2D eigenvalue weighted by Gasteiger charge is 2.23. The largest absolute Gasteiger partial charge is 0.361 e. The van der Waals surface area contributed by atoms with Crippen molar-refractivity contribution >= 4 is 34.2 Å². The summed E-state index contributed by atoms with van der Waals surface area (Å²) in [6.45, 7) is 3.11. The molecule has 0 spiro atoms. The molecule has 3 nitrogen and oxygen atoms in total. The summed E-state index contributed by atoms with van der Waals surface area (Å²) in [4.78, 5) is 8.95. The summed E-state index contributed by atoms with van der Waals surface area (Å²) in [7, 11) is 0. The molecule has 5 rings (SSSR count). The van der Waals surface area contributed by atoms with E-state index in [-0.39, 0.29) is 24.0 Å². The lowest BCUT2D eigenvalue weighted by Gasteiger charge is -2.32. The Kier molecular flexibility index (Phi) is 6.11. The van der Waals surface area contributed by atoms with Gasteiger partial charge in [0, 0.05) is 34.2 Å². The van der Waals surface area contributed by atoms with Crippen LogP contribution in [0.1, 0.15) is 36.3 Å². The van der Waals surface area contributed by atoms with E-state index in [4.69, 9.17) is 0 Å². The van der Waals surface area contributed by atoms with Crippen molar-refractivity contribution in [3.05, 3.63) is 71.6 Å². The van der Waals surface area contributed by atoms with Gasteiger partial charge in [-0.15, -0.1) is 12.4 Å². The molecule has 0 atom stereocenters. The monoisotopic (exact) mass is 429 g/mol. The van der Waals surface area contributed by atoms with Crippen LogP contribution in [-0.4, -0.2) is 34.5 Å². The zero-order valence-electron chi connectivity index (χ0n) is 16.8. The van der Waals surface area contributed by atoms with E-state index < -0.39 is 0 Å². The van der Waals surface area contributed by atoms with Crippen LogP contribution in [0.4, 0.5) is 8.78 Å². The molecule has 0 saturated carbocycles. The Balaban J connectivity index is 0.00000218. The van der Waals surface area contributed by atoms with Crippen molar-refractivity contribution in [2.75, 3.05) is 19.6 Å². The van der Waals surface area contributed by atoms with Crippen LogP contribution in [0.5, 0.6) is 0 Å². The van der Waals surface area contributed by atoms with Crippen molar-refractivity contribution < 1.29 is 8.78 Å². The number of halogens is 3. The number of rotatable bonds is 5. The summed E-state index contributed by atoms with van der Waals surface area (Å²) < 4.78 is 27.8. The van der Waals surface area contributed by atoms with Gasteiger partial charge in [0.05, 0.1) is 0 Å². The number of hydrogen-bond acceptors (Lipinski definition) is 1. The first-order valence-corrected chi connectivity index (χ1v) is 10.4. The van der Waals surface area contributed by atoms with Gasteiger partial charge >= 0.3 is 0 Å². The summed E-state index contributed by atoms with van der Waals surface area (Å²) in [5.74, 6) is 0.0963. The van der Waals surface area contributed by atoms with Crippen LogP contribution in [-0.2, 0) is 6.42 Å². The average Bonchev–Trinajstić information content (AvgIpc) is 3.34. The Morgan fingerprint density at radius 1 is 0.967 bits per heavy atom. The number of likely N-dealkylation sites (tertiary alicyclic amines) is 1. The summed E-state index contributed by atoms with van der Waals surface area (Å²) in [6.07, 6.45) is 8.10. The topological polar surface area (TPSA) is 34.8 Å². The van der Waals surface area contributed by atoms with Crippen LogP contribution in [0.3, 0.4) is 0 Å². The molecule has 6 heteroatoms. The normalized spacial score (nSPS) is 15.7. The lowest BCUT2D eigenvalue weighted by Crippen LogP contribution is -2.33. The molecule has 1 fully saturated rings. The number of aromatic nitrogens is 2. The Labute approximate surface area is 180 Å². The van der Waals surface area contributed by atoms with Crippen LogP contribution >= 0.6 is 12.4 Å². The van der Waals surface area contributed by atoms with E-state index in [1.807, 2.05) is 18.5 Å². The second-order valence-corrected chi connectivity index (χ2v) is 8.13. The first-order chi connectivity index (χ1) is 14.2. The number of aryl methyl sites for hydroxylation is 1. The lowest BCUT2D eigenvalue weighted by atomic mass is 9.89. The molecule has 0 radical (unpaired) electrons. The van der Waals surface area contributed by atoms with Gasteiger partial charge in [0.25, 0.3) is 0 Å². The number of hydrogen-bond donors (Lipinski definition) is 2. The third kappa shape index (κ3) is 3.96. The number of nitrogens with one attached hydrogen (secondary N) is 2. The molecule has 0 bridgehead atoms. The second kappa shape index (κ2) is 8.78. The zero-order valence-corrected chi connectivity index (χ0v) is 17.6. The molecular formula is C24H26ClF2N3. The van der Waals surface area contributed by atoms with E-state index in [0.717, 1.165) is 72.7 Å². The van der Waals surface area contributed by atoms with E-state index in [0.29, 0.717) is 5.92 Å². The fourth-order valence-corrected chi connectivity index (χ4v) is 4.81. The lowest BCUT2D eigenvalue weighted by molar-refractivity contribution is 0.210. The molecule has 2 aromatic carbocycles. The predicted molar refractivity (Wildman–Crippen MR) is 120 cm³/mol. The molecule has 2 aromatic heterocycles. The van der Waals surface area contributed by atoms with Gasteiger partial charge in [-0.05, 0) is 92.7 Å². The van der Waals surface area contributed by atoms with Gasteiger partial charge in [-0.2, -0.15) is 0 Å². The molecule has 1 saturated heterocycles. The van der Waals surface area contributed by atoms with E-state index in [2.05, 4.69) is 14.9 Å². The minimum Gasteiger partial charge on any atom is -0.361 e. The third-order valence-electron chi connectivity index (χ3n) is 6.36. The van der Waals surface area contributed by atoms with E-state index in [1.54, 1.807) is 24.3 Å². The van der Waals surface area contributed by atoms with E-state index in [1.165, 1.54) is 11.6 Å². The minimum absolute atomic E-state index is 0. The average molecular weight is 430 g/mol. The molecule has 1 aliphatic rings. The van der Waals surface area contributed by atoms with Crippen molar-refractivity contribution in [3.63, 3.8) is 0 Å². The summed E-state index contributed by atoms with van der Waals surface area (Å²) in [6, 6.07) is 10.1. The Hall–Kier alpha value is -2.37. The van der Waals surface area contributed by atoms with Crippen molar-refractivity contribution in [2.45, 2.75) is 31.6 Å². The molecule has 0 unspecified atom stereocenters. The van der Waals surface area contributed by atoms with Crippen LogP contribution < -0.4 is 0 Å². The number of fused-ring (bicyclic) bond motifs is 2. The first kappa shape index (κ1) is 20.9. The summed E-state index contributed by atoms with van der Waals surface area (Å²) >= 11 is 0. The van der Waals surface area contributed by atoms with Gasteiger partial charge in [-0.25, -0.2) is 8.78 Å². The Bertz CT molecular complexity index is 1140. The van der Waals surface area contributed by atoms with Gasteiger partial charge in [0.2, 0.25) is 0 Å². The van der Waals surface area contributed by atoms with E-state index >= 15 is 0 Å². The number of nitrogens with zero attached hydrogens (tertiary/aromatic N) is 1. The predicted octanol–water partition coefficient (Wildman–Crippen LogP) is 6.16. The molecular weight excluding hydrogens is 404 g/mol. The second-order valence-electron chi connectivity index (χ2n) is 8.13. The summed E-state index contributed by atoms with van der Waals surface area (Å²) in [5.41, 5.74) is 4.19. The van der Waals surface area contributed by atoms with Crippen LogP contribution in [0, 0.1) is 11.6 Å². The molecule has 30 heavy (non-hydrogen) atoms. The quantitative estimate of drug-likeness (QED) is 0.391. The summed E-state index contributed by atoms with van der Waals surface area (Å²) in [5, 5.41) is 1.75. The van der Waals surface area contributed by atoms with Gasteiger partial charge in [0.1, 0.15) is 11.6 Å².